The van der Waals surface area contributed by atoms with Crippen molar-refractivity contribution in [1.29, 1.82) is 0 Å². The van der Waals surface area contributed by atoms with Gasteiger partial charge < -0.3 is 14.2 Å². The van der Waals surface area contributed by atoms with Gasteiger partial charge in [-0.2, -0.15) is 0 Å². The van der Waals surface area contributed by atoms with E-state index in [1.165, 1.54) is 28.2 Å². The minimum atomic E-state index is -0.217. The Labute approximate surface area is 298 Å². The predicted molar refractivity (Wildman–Crippen MR) is 215 cm³/mol. The zero-order valence-electron chi connectivity index (χ0n) is 32.5. The second-order valence-electron chi connectivity index (χ2n) is 16.7. The predicted octanol–water partition coefficient (Wildman–Crippen LogP) is 13.6. The van der Waals surface area contributed by atoms with Crippen LogP contribution in [0.4, 0.5) is 22.7 Å². The van der Waals surface area contributed by atoms with Crippen LogP contribution in [0.25, 0.3) is 6.08 Å². The largest absolute Gasteiger partial charge is 0.462 e. The van der Waals surface area contributed by atoms with Crippen LogP contribution in [-0.4, -0.2) is 11.6 Å². The SMILES string of the molecule is C=CC/C=C\c1occ(N(c2ccccc2)C(C)(C)C(C)C(C)CC(C)N(c2ccc(C(C)(C)C)cc2)c2ccc(C(C)(C)C)cc2)c1C. The highest BCUT2D eigenvalue weighted by Crippen LogP contribution is 2.44. The number of nitrogens with zero attached hydrogens (tertiary/aromatic N) is 2. The smallest absolute Gasteiger partial charge is 0.131 e. The molecular weight excluding hydrogens is 597 g/mol. The van der Waals surface area contributed by atoms with Gasteiger partial charge in [-0.05, 0) is 117 Å². The first-order chi connectivity index (χ1) is 23.0. The maximum atomic E-state index is 6.16. The molecule has 4 rings (SSSR count). The summed E-state index contributed by atoms with van der Waals surface area (Å²) in [6.07, 6.45) is 9.86. The molecule has 3 aromatic carbocycles. The summed E-state index contributed by atoms with van der Waals surface area (Å²) in [7, 11) is 0. The molecule has 0 fully saturated rings. The number of anilines is 4. The lowest BCUT2D eigenvalue weighted by Gasteiger charge is -2.47. The van der Waals surface area contributed by atoms with Gasteiger partial charge in [0.2, 0.25) is 0 Å². The van der Waals surface area contributed by atoms with Crippen LogP contribution in [-0.2, 0) is 10.8 Å². The van der Waals surface area contributed by atoms with E-state index >= 15 is 0 Å². The van der Waals surface area contributed by atoms with Crippen molar-refractivity contribution in [2.75, 3.05) is 9.80 Å². The number of hydrogen-bond donors (Lipinski definition) is 0. The molecule has 0 radical (unpaired) electrons. The highest BCUT2D eigenvalue weighted by Gasteiger charge is 2.39. The van der Waals surface area contributed by atoms with E-state index in [0.29, 0.717) is 11.8 Å². The third-order valence-corrected chi connectivity index (χ3v) is 10.6. The number of furan rings is 1. The highest BCUT2D eigenvalue weighted by molar-refractivity contribution is 5.71. The number of para-hydroxylation sites is 1. The molecule has 1 aromatic heterocycles. The van der Waals surface area contributed by atoms with Crippen molar-refractivity contribution in [3.05, 3.63) is 126 Å². The Morgan fingerprint density at radius 1 is 0.714 bits per heavy atom. The first-order valence-corrected chi connectivity index (χ1v) is 18.2. The third kappa shape index (κ3) is 8.79. The van der Waals surface area contributed by atoms with Crippen molar-refractivity contribution in [3.8, 4) is 0 Å². The monoisotopic (exact) mass is 658 g/mol. The van der Waals surface area contributed by atoms with Crippen LogP contribution in [0.1, 0.15) is 111 Å². The summed E-state index contributed by atoms with van der Waals surface area (Å²) in [5.41, 5.74) is 8.61. The van der Waals surface area contributed by atoms with Gasteiger partial charge in [-0.1, -0.05) is 110 Å². The molecule has 3 unspecified atom stereocenters. The van der Waals surface area contributed by atoms with Gasteiger partial charge >= 0.3 is 0 Å². The highest BCUT2D eigenvalue weighted by atomic mass is 16.3. The molecule has 3 heteroatoms. The van der Waals surface area contributed by atoms with Crippen LogP contribution in [0.5, 0.6) is 0 Å². The van der Waals surface area contributed by atoms with Crippen LogP contribution in [0.3, 0.4) is 0 Å². The molecule has 0 bridgehead atoms. The van der Waals surface area contributed by atoms with E-state index in [-0.39, 0.29) is 22.4 Å². The van der Waals surface area contributed by atoms with Gasteiger partial charge in [0.05, 0.1) is 5.69 Å². The maximum Gasteiger partial charge on any atom is 0.131 e. The normalized spacial score (nSPS) is 14.4. The summed E-state index contributed by atoms with van der Waals surface area (Å²) in [5, 5.41) is 0. The minimum absolute atomic E-state index is 0.111. The lowest BCUT2D eigenvalue weighted by Crippen LogP contribution is -2.49. The molecule has 0 aliphatic rings. The number of hydrogen-bond acceptors (Lipinski definition) is 3. The summed E-state index contributed by atoms with van der Waals surface area (Å²) < 4.78 is 6.16. The Kier molecular flexibility index (Phi) is 11.8. The van der Waals surface area contributed by atoms with Crippen molar-refractivity contribution < 1.29 is 4.42 Å². The van der Waals surface area contributed by atoms with Crippen LogP contribution in [0, 0.1) is 18.8 Å². The van der Waals surface area contributed by atoms with Crippen LogP contribution in [0.15, 0.2) is 108 Å². The van der Waals surface area contributed by atoms with Gasteiger partial charge in [-0.15, -0.1) is 6.58 Å². The molecule has 0 saturated carbocycles. The summed E-state index contributed by atoms with van der Waals surface area (Å²) in [6, 6.07) is 29.5. The fourth-order valence-corrected chi connectivity index (χ4v) is 7.09. The topological polar surface area (TPSA) is 19.6 Å². The molecule has 1 heterocycles. The number of rotatable bonds is 13. The maximum absolute atomic E-state index is 6.16. The lowest BCUT2D eigenvalue weighted by molar-refractivity contribution is 0.231. The van der Waals surface area contributed by atoms with Gasteiger partial charge in [0.1, 0.15) is 12.0 Å². The molecular formula is C46H62N2O. The molecule has 4 aromatic rings. The number of benzene rings is 3. The Hall–Kier alpha value is -3.98. The van der Waals surface area contributed by atoms with E-state index in [2.05, 4.69) is 190 Å². The van der Waals surface area contributed by atoms with Gasteiger partial charge in [-0.3, -0.25) is 0 Å². The summed E-state index contributed by atoms with van der Waals surface area (Å²) in [6.45, 7) is 31.7. The fraction of sp³-hybridized carbons (Fsp3) is 0.435. The summed E-state index contributed by atoms with van der Waals surface area (Å²) in [4.78, 5) is 5.04. The van der Waals surface area contributed by atoms with E-state index in [9.17, 15) is 0 Å². The molecule has 0 aliphatic heterocycles. The van der Waals surface area contributed by atoms with Gasteiger partial charge in [0.15, 0.2) is 0 Å². The van der Waals surface area contributed by atoms with Crippen molar-refractivity contribution in [1.82, 2.24) is 0 Å². The Bertz CT molecular complexity index is 1600. The molecule has 0 saturated heterocycles. The Balaban J connectivity index is 1.68. The second-order valence-corrected chi connectivity index (χ2v) is 16.7. The van der Waals surface area contributed by atoms with E-state index in [1.54, 1.807) is 0 Å². The fourth-order valence-electron chi connectivity index (χ4n) is 7.09. The van der Waals surface area contributed by atoms with Crippen molar-refractivity contribution >= 4 is 28.8 Å². The Morgan fingerprint density at radius 3 is 1.69 bits per heavy atom. The molecule has 0 spiro atoms. The van der Waals surface area contributed by atoms with Gasteiger partial charge in [-0.25, -0.2) is 0 Å². The quantitative estimate of drug-likeness (QED) is 0.133. The van der Waals surface area contributed by atoms with Gasteiger partial charge in [0, 0.05) is 34.2 Å². The zero-order chi connectivity index (χ0) is 36.1. The van der Waals surface area contributed by atoms with E-state index in [0.717, 1.165) is 29.9 Å². The molecule has 0 amide bonds. The molecule has 262 valence electrons. The van der Waals surface area contributed by atoms with Crippen LogP contribution >= 0.6 is 0 Å². The van der Waals surface area contributed by atoms with E-state index in [4.69, 9.17) is 4.42 Å². The lowest BCUT2D eigenvalue weighted by atomic mass is 9.75. The molecule has 49 heavy (non-hydrogen) atoms. The van der Waals surface area contributed by atoms with Crippen molar-refractivity contribution in [2.24, 2.45) is 11.8 Å². The minimum Gasteiger partial charge on any atom is -0.462 e. The molecule has 0 aliphatic carbocycles. The summed E-state index contributed by atoms with van der Waals surface area (Å²) >= 11 is 0. The van der Waals surface area contributed by atoms with Crippen molar-refractivity contribution in [3.63, 3.8) is 0 Å². The van der Waals surface area contributed by atoms with E-state index in [1.807, 2.05) is 12.3 Å². The van der Waals surface area contributed by atoms with E-state index < -0.39 is 0 Å². The zero-order valence-corrected chi connectivity index (χ0v) is 32.5. The van der Waals surface area contributed by atoms with Crippen LogP contribution in [0.2, 0.25) is 0 Å². The average molecular weight is 659 g/mol. The third-order valence-electron chi connectivity index (χ3n) is 10.6. The second kappa shape index (κ2) is 15.3. The molecule has 3 atom stereocenters. The van der Waals surface area contributed by atoms with Crippen LogP contribution < -0.4 is 9.80 Å². The number of allylic oxidation sites excluding steroid dienone is 2. The standard InChI is InChI=1S/C46H62N2O/c1-14-15-17-22-43-35(4)42(32-49-43)48(41-20-18-16-19-21-41)46(12,13)36(5)33(2)31-34(3)47(39-27-23-37(24-28-39)44(6,7)8)40-29-25-38(26-30-40)45(9,10)11/h14,16-30,32-34,36H,1,15,31H2,2-13H3/b22-17-. The first-order valence-electron chi connectivity index (χ1n) is 18.2. The average Bonchev–Trinajstić information content (AvgIpc) is 3.40. The molecule has 3 nitrogen and oxygen atoms in total. The summed E-state index contributed by atoms with van der Waals surface area (Å²) in [5.74, 6) is 1.66. The Morgan fingerprint density at radius 2 is 1.22 bits per heavy atom. The van der Waals surface area contributed by atoms with Crippen molar-refractivity contribution in [2.45, 2.75) is 118 Å². The van der Waals surface area contributed by atoms with Gasteiger partial charge in [0.25, 0.3) is 0 Å². The molecule has 0 N–H and O–H groups in total. The first kappa shape index (κ1) is 37.8.